The van der Waals surface area contributed by atoms with E-state index in [4.69, 9.17) is 5.53 Å². The van der Waals surface area contributed by atoms with Crippen LogP contribution in [0.25, 0.3) is 10.4 Å². The fraction of sp³-hybridized carbons (Fsp3) is 0.500. The van der Waals surface area contributed by atoms with E-state index in [2.05, 4.69) is 15.3 Å². The van der Waals surface area contributed by atoms with Crippen molar-refractivity contribution in [1.29, 1.82) is 0 Å². The van der Waals surface area contributed by atoms with Gasteiger partial charge in [0.1, 0.15) is 0 Å². The summed E-state index contributed by atoms with van der Waals surface area (Å²) in [5, 5.41) is 7.16. The lowest BCUT2D eigenvalue weighted by Crippen LogP contribution is -2.58. The second kappa shape index (κ2) is 6.22. The predicted molar refractivity (Wildman–Crippen MR) is 91.9 cm³/mol. The maximum absolute atomic E-state index is 13.0. The number of fused-ring (bicyclic) bond motifs is 1. The van der Waals surface area contributed by atoms with Crippen LogP contribution < -0.4 is 5.32 Å². The molecule has 1 N–H and O–H groups in total. The lowest BCUT2D eigenvalue weighted by Gasteiger charge is -2.38. The Morgan fingerprint density at radius 3 is 2.75 bits per heavy atom. The third-order valence-electron chi connectivity index (χ3n) is 4.79. The molecule has 8 heteroatoms. The van der Waals surface area contributed by atoms with Gasteiger partial charge in [-0.1, -0.05) is 35.0 Å². The van der Waals surface area contributed by atoms with E-state index in [1.807, 2.05) is 26.0 Å². The molecule has 1 aromatic rings. The minimum atomic E-state index is -3.57. The Bertz CT molecular complexity index is 798. The van der Waals surface area contributed by atoms with Crippen molar-refractivity contribution in [3.05, 3.63) is 52.4 Å². The fourth-order valence-corrected chi connectivity index (χ4v) is 5.04. The Morgan fingerprint density at radius 2 is 2.08 bits per heavy atom. The van der Waals surface area contributed by atoms with Crippen molar-refractivity contribution in [1.82, 2.24) is 9.62 Å². The topological polar surface area (TPSA) is 98.2 Å². The van der Waals surface area contributed by atoms with Gasteiger partial charge < -0.3 is 5.32 Å². The van der Waals surface area contributed by atoms with Crippen LogP contribution in [0.2, 0.25) is 0 Å². The zero-order valence-electron chi connectivity index (χ0n) is 13.8. The van der Waals surface area contributed by atoms with Gasteiger partial charge in [0.2, 0.25) is 10.0 Å². The molecule has 128 valence electrons. The molecule has 0 amide bonds. The lowest BCUT2D eigenvalue weighted by atomic mass is 9.83. The largest absolute Gasteiger partial charge is 0.303 e. The molecule has 0 aliphatic carbocycles. The number of benzene rings is 1. The van der Waals surface area contributed by atoms with Gasteiger partial charge in [-0.3, -0.25) is 0 Å². The standard InChI is InChI=1S/C16H21N5O2S/c1-12-3-7-15(8-4-12)24(22,23)21-9-14-6-5-13(2)19-16(14,11-21)10-18-20-17/h3-8,13-14,19H,9-11H2,1-2H3/t13-,14-,16-/m1/s1. The van der Waals surface area contributed by atoms with Crippen molar-refractivity contribution in [3.8, 4) is 0 Å². The van der Waals surface area contributed by atoms with Crippen molar-refractivity contribution in [2.45, 2.75) is 30.3 Å². The third kappa shape index (κ3) is 2.93. The van der Waals surface area contributed by atoms with Crippen molar-refractivity contribution < 1.29 is 8.42 Å². The minimum absolute atomic E-state index is 0.0144. The zero-order chi connectivity index (χ0) is 17.4. The number of aryl methyl sites for hydroxylation is 1. The summed E-state index contributed by atoms with van der Waals surface area (Å²) in [6, 6.07) is 6.98. The highest BCUT2D eigenvalue weighted by Gasteiger charge is 2.50. The molecule has 2 aliphatic rings. The van der Waals surface area contributed by atoms with E-state index < -0.39 is 15.6 Å². The highest BCUT2D eigenvalue weighted by atomic mass is 32.2. The van der Waals surface area contributed by atoms with Crippen molar-refractivity contribution in [2.75, 3.05) is 19.6 Å². The number of sulfonamides is 1. The maximum atomic E-state index is 13.0. The van der Waals surface area contributed by atoms with Crippen LogP contribution in [0.15, 0.2) is 46.4 Å². The summed E-state index contributed by atoms with van der Waals surface area (Å²) < 4.78 is 27.4. The summed E-state index contributed by atoms with van der Waals surface area (Å²) >= 11 is 0. The first-order chi connectivity index (χ1) is 11.4. The van der Waals surface area contributed by atoms with E-state index >= 15 is 0 Å². The van der Waals surface area contributed by atoms with Crippen molar-refractivity contribution in [3.63, 3.8) is 0 Å². The van der Waals surface area contributed by atoms with Gasteiger partial charge in [0.15, 0.2) is 0 Å². The molecule has 0 aromatic heterocycles. The molecule has 0 bridgehead atoms. The Morgan fingerprint density at radius 1 is 1.38 bits per heavy atom. The molecule has 3 rings (SSSR count). The molecule has 3 atom stereocenters. The van der Waals surface area contributed by atoms with E-state index in [0.29, 0.717) is 18.0 Å². The monoisotopic (exact) mass is 347 g/mol. The van der Waals surface area contributed by atoms with Gasteiger partial charge in [0, 0.05) is 42.0 Å². The van der Waals surface area contributed by atoms with E-state index in [0.717, 1.165) is 5.56 Å². The fourth-order valence-electron chi connectivity index (χ4n) is 3.50. The third-order valence-corrected chi connectivity index (χ3v) is 6.62. The second-order valence-corrected chi connectivity index (χ2v) is 8.52. The quantitative estimate of drug-likeness (QED) is 0.391. The van der Waals surface area contributed by atoms with Gasteiger partial charge in [0.25, 0.3) is 0 Å². The maximum Gasteiger partial charge on any atom is 0.243 e. The first kappa shape index (κ1) is 17.0. The molecular weight excluding hydrogens is 326 g/mol. The highest BCUT2D eigenvalue weighted by molar-refractivity contribution is 7.89. The molecule has 1 aromatic carbocycles. The van der Waals surface area contributed by atoms with Crippen LogP contribution in [-0.2, 0) is 10.0 Å². The number of azide groups is 1. The van der Waals surface area contributed by atoms with E-state index in [1.54, 1.807) is 24.3 Å². The van der Waals surface area contributed by atoms with Gasteiger partial charge in [-0.15, -0.1) is 0 Å². The van der Waals surface area contributed by atoms with Crippen LogP contribution in [-0.4, -0.2) is 43.9 Å². The average Bonchev–Trinajstić information content (AvgIpc) is 2.93. The Labute approximate surface area is 142 Å². The molecule has 1 saturated heterocycles. The van der Waals surface area contributed by atoms with Crippen LogP contribution in [0.1, 0.15) is 12.5 Å². The number of rotatable bonds is 4. The van der Waals surface area contributed by atoms with Gasteiger partial charge in [0.05, 0.1) is 4.90 Å². The summed E-state index contributed by atoms with van der Waals surface area (Å²) in [7, 11) is -3.57. The molecule has 1 fully saturated rings. The summed E-state index contributed by atoms with van der Waals surface area (Å²) in [5.74, 6) is -0.0144. The van der Waals surface area contributed by atoms with E-state index in [9.17, 15) is 8.42 Å². The first-order valence-corrected chi connectivity index (χ1v) is 9.35. The Kier molecular flexibility index (Phi) is 4.40. The summed E-state index contributed by atoms with van der Waals surface area (Å²) in [6.45, 7) is 4.82. The van der Waals surface area contributed by atoms with Gasteiger partial charge in [-0.05, 0) is 31.5 Å². The molecule has 2 aliphatic heterocycles. The average molecular weight is 347 g/mol. The predicted octanol–water partition coefficient (Wildman–Crippen LogP) is 2.21. The molecular formula is C16H21N5O2S. The van der Waals surface area contributed by atoms with E-state index in [1.165, 1.54) is 4.31 Å². The first-order valence-electron chi connectivity index (χ1n) is 7.91. The Balaban J connectivity index is 1.93. The molecule has 0 unspecified atom stereocenters. The van der Waals surface area contributed by atoms with Crippen molar-refractivity contribution >= 4 is 10.0 Å². The van der Waals surface area contributed by atoms with E-state index in [-0.39, 0.29) is 18.5 Å². The normalized spacial score (nSPS) is 29.9. The molecule has 24 heavy (non-hydrogen) atoms. The van der Waals surface area contributed by atoms with Crippen LogP contribution in [0, 0.1) is 12.8 Å². The minimum Gasteiger partial charge on any atom is -0.303 e. The molecule has 0 saturated carbocycles. The van der Waals surface area contributed by atoms with Crippen LogP contribution in [0.3, 0.4) is 0 Å². The van der Waals surface area contributed by atoms with Gasteiger partial charge >= 0.3 is 0 Å². The number of nitrogens with zero attached hydrogens (tertiary/aromatic N) is 4. The summed E-state index contributed by atoms with van der Waals surface area (Å²) in [6.07, 6.45) is 4.07. The van der Waals surface area contributed by atoms with Crippen LogP contribution >= 0.6 is 0 Å². The summed E-state index contributed by atoms with van der Waals surface area (Å²) in [5.41, 5.74) is 9.16. The highest BCUT2D eigenvalue weighted by Crippen LogP contribution is 2.36. The summed E-state index contributed by atoms with van der Waals surface area (Å²) in [4.78, 5) is 3.15. The van der Waals surface area contributed by atoms with Gasteiger partial charge in [-0.2, -0.15) is 4.31 Å². The number of nitrogens with one attached hydrogen (secondary N) is 1. The lowest BCUT2D eigenvalue weighted by molar-refractivity contribution is 0.277. The zero-order valence-corrected chi connectivity index (χ0v) is 14.6. The molecule has 7 nitrogen and oxygen atoms in total. The second-order valence-electron chi connectivity index (χ2n) is 6.58. The molecule has 0 spiro atoms. The number of hydrogen-bond donors (Lipinski definition) is 1. The molecule has 0 radical (unpaired) electrons. The van der Waals surface area contributed by atoms with Crippen LogP contribution in [0.5, 0.6) is 0 Å². The smallest absolute Gasteiger partial charge is 0.243 e. The SMILES string of the molecule is Cc1ccc(S(=O)(=O)N2C[C@H]3C=C[C@@H](C)N[C@]3(CN=[N+]=[N-])C2)cc1. The van der Waals surface area contributed by atoms with Crippen LogP contribution in [0.4, 0.5) is 0 Å². The van der Waals surface area contributed by atoms with Gasteiger partial charge in [-0.25, -0.2) is 8.42 Å². The number of hydrogen-bond acceptors (Lipinski definition) is 4. The Hall–Kier alpha value is -1.86. The molecule has 2 heterocycles. The van der Waals surface area contributed by atoms with Crippen molar-refractivity contribution in [2.24, 2.45) is 11.0 Å².